The fourth-order valence-electron chi connectivity index (χ4n) is 2.74. The predicted molar refractivity (Wildman–Crippen MR) is 117 cm³/mol. The van der Waals surface area contributed by atoms with E-state index < -0.39 is 34.9 Å². The summed E-state index contributed by atoms with van der Waals surface area (Å²) in [5.74, 6) is -2.06. The van der Waals surface area contributed by atoms with Crippen LogP contribution in [-0.4, -0.2) is 41.4 Å². The van der Waals surface area contributed by atoms with E-state index in [9.17, 15) is 19.2 Å². The first-order valence-corrected chi connectivity index (χ1v) is 10.7. The van der Waals surface area contributed by atoms with Crippen LogP contribution in [0, 0.1) is 11.8 Å². The summed E-state index contributed by atoms with van der Waals surface area (Å²) in [5, 5.41) is 0. The van der Waals surface area contributed by atoms with Crippen molar-refractivity contribution in [2.75, 3.05) is 13.4 Å². The molecule has 0 N–H and O–H groups in total. The van der Waals surface area contributed by atoms with Crippen LogP contribution in [0.3, 0.4) is 0 Å². The molecule has 0 aliphatic rings. The third-order valence-electron chi connectivity index (χ3n) is 4.28. The van der Waals surface area contributed by atoms with Crippen LogP contribution in [0.15, 0.2) is 25.3 Å². The van der Waals surface area contributed by atoms with Crippen molar-refractivity contribution in [3.8, 4) is 0 Å². The van der Waals surface area contributed by atoms with E-state index in [4.69, 9.17) is 14.2 Å². The van der Waals surface area contributed by atoms with Gasteiger partial charge >= 0.3 is 17.9 Å². The van der Waals surface area contributed by atoms with Crippen LogP contribution in [-0.2, 0) is 33.4 Å². The number of carbonyl (C=O) groups excluding carboxylic acids is 4. The maximum atomic E-state index is 12.3. The van der Waals surface area contributed by atoms with Gasteiger partial charge in [-0.3, -0.25) is 19.2 Å². The van der Waals surface area contributed by atoms with Crippen LogP contribution in [0.1, 0.15) is 59.3 Å². The van der Waals surface area contributed by atoms with Crippen molar-refractivity contribution < 1.29 is 33.4 Å². The largest absolute Gasteiger partial charge is 0.457 e. The minimum Gasteiger partial charge on any atom is -0.457 e. The average molecular weight is 489 g/mol. The molecule has 0 rings (SSSR count). The normalized spacial score (nSPS) is 14.5. The minimum absolute atomic E-state index is 0.0175. The molecular weight excluding hydrogens is 456 g/mol. The standard InChI is InChI=1S/C22H33BrO7/c1-6-8-10-18(24)14-28-20(26)17(4)12-16(3)13-22(5,23)21(27)30-15-29-19(25)11-9-7-2/h6-7,16-17H,1-2,8-15H2,3-5H3. The zero-order chi connectivity index (χ0) is 23.2. The minimum atomic E-state index is -0.996. The van der Waals surface area contributed by atoms with Crippen molar-refractivity contribution >= 4 is 39.6 Å². The smallest absolute Gasteiger partial charge is 0.325 e. The second-order valence-electron chi connectivity index (χ2n) is 7.51. The van der Waals surface area contributed by atoms with Crippen molar-refractivity contribution in [2.45, 2.75) is 63.6 Å². The van der Waals surface area contributed by atoms with Gasteiger partial charge in [0, 0.05) is 12.8 Å². The summed E-state index contributed by atoms with van der Waals surface area (Å²) in [5.41, 5.74) is 0. The van der Waals surface area contributed by atoms with Crippen LogP contribution in [0.5, 0.6) is 0 Å². The lowest BCUT2D eigenvalue weighted by molar-refractivity contribution is -0.168. The van der Waals surface area contributed by atoms with Gasteiger partial charge in [0.2, 0.25) is 6.79 Å². The molecule has 0 bridgehead atoms. The summed E-state index contributed by atoms with van der Waals surface area (Å²) in [6.07, 6.45) is 5.63. The molecular formula is C22H33BrO7. The second kappa shape index (κ2) is 14.9. The van der Waals surface area contributed by atoms with Crippen LogP contribution in [0.4, 0.5) is 0 Å². The van der Waals surface area contributed by atoms with Gasteiger partial charge < -0.3 is 14.2 Å². The number of ketones is 1. The maximum Gasteiger partial charge on any atom is 0.325 e. The molecule has 3 atom stereocenters. The van der Waals surface area contributed by atoms with E-state index in [1.54, 1.807) is 26.0 Å². The molecule has 0 aromatic heterocycles. The van der Waals surface area contributed by atoms with Gasteiger partial charge in [0.25, 0.3) is 0 Å². The first-order valence-electron chi connectivity index (χ1n) is 9.95. The molecule has 0 saturated heterocycles. The van der Waals surface area contributed by atoms with Gasteiger partial charge in [0.05, 0.1) is 5.92 Å². The Labute approximate surface area is 187 Å². The molecule has 3 unspecified atom stereocenters. The lowest BCUT2D eigenvalue weighted by atomic mass is 9.89. The Morgan fingerprint density at radius 2 is 1.60 bits per heavy atom. The van der Waals surface area contributed by atoms with Crippen LogP contribution >= 0.6 is 15.9 Å². The van der Waals surface area contributed by atoms with Crippen molar-refractivity contribution in [3.05, 3.63) is 25.3 Å². The Bertz CT molecular complexity index is 613. The molecule has 0 fully saturated rings. The highest BCUT2D eigenvalue weighted by atomic mass is 79.9. The fourth-order valence-corrected chi connectivity index (χ4v) is 3.41. The topological polar surface area (TPSA) is 96.0 Å². The van der Waals surface area contributed by atoms with Gasteiger partial charge in [-0.15, -0.1) is 13.2 Å². The molecule has 0 aliphatic heterocycles. The number of hydrogen-bond donors (Lipinski definition) is 0. The number of halogens is 1. The molecule has 0 aliphatic carbocycles. The van der Waals surface area contributed by atoms with E-state index in [0.29, 0.717) is 32.1 Å². The number of Topliss-reactive ketones (excluding diaryl/α,β-unsaturated/α-hetero) is 1. The number of ether oxygens (including phenoxy) is 3. The SMILES string of the molecule is C=CCCC(=O)COC(=O)C(C)CC(C)CC(C)(Br)C(=O)OCOC(=O)CCC=C. The summed E-state index contributed by atoms with van der Waals surface area (Å²) >= 11 is 3.36. The second-order valence-corrected chi connectivity index (χ2v) is 9.26. The Hall–Kier alpha value is -1.96. The van der Waals surface area contributed by atoms with Gasteiger partial charge in [0.15, 0.2) is 5.78 Å². The Morgan fingerprint density at radius 1 is 1.00 bits per heavy atom. The number of esters is 3. The van der Waals surface area contributed by atoms with E-state index >= 15 is 0 Å². The molecule has 0 radical (unpaired) electrons. The third-order valence-corrected chi connectivity index (χ3v) is 4.93. The summed E-state index contributed by atoms with van der Waals surface area (Å²) in [7, 11) is 0. The number of carbonyl (C=O) groups is 4. The third kappa shape index (κ3) is 12.6. The van der Waals surface area contributed by atoms with E-state index in [2.05, 4.69) is 29.1 Å². The van der Waals surface area contributed by atoms with Crippen molar-refractivity contribution in [2.24, 2.45) is 11.8 Å². The number of hydrogen-bond acceptors (Lipinski definition) is 7. The molecule has 8 heteroatoms. The van der Waals surface area contributed by atoms with E-state index in [1.807, 2.05) is 6.92 Å². The van der Waals surface area contributed by atoms with Crippen molar-refractivity contribution in [1.82, 2.24) is 0 Å². The molecule has 0 heterocycles. The van der Waals surface area contributed by atoms with Crippen molar-refractivity contribution in [1.29, 1.82) is 0 Å². The molecule has 0 spiro atoms. The van der Waals surface area contributed by atoms with Gasteiger partial charge in [-0.05, 0) is 38.5 Å². The number of allylic oxidation sites excluding steroid dienone is 2. The Kier molecular flexibility index (Phi) is 14.0. The number of rotatable bonds is 16. The van der Waals surface area contributed by atoms with E-state index in [-0.39, 0.29) is 24.7 Å². The van der Waals surface area contributed by atoms with Gasteiger partial charge in [0.1, 0.15) is 10.9 Å². The first kappa shape index (κ1) is 28.0. The predicted octanol–water partition coefficient (Wildman–Crippen LogP) is 4.28. The van der Waals surface area contributed by atoms with E-state index in [1.165, 1.54) is 0 Å². The molecule has 7 nitrogen and oxygen atoms in total. The first-order chi connectivity index (χ1) is 14.0. The summed E-state index contributed by atoms with van der Waals surface area (Å²) in [6, 6.07) is 0. The van der Waals surface area contributed by atoms with Gasteiger partial charge in [-0.1, -0.05) is 41.9 Å². The van der Waals surface area contributed by atoms with Crippen LogP contribution in [0.25, 0.3) is 0 Å². The van der Waals surface area contributed by atoms with Gasteiger partial charge in [-0.25, -0.2) is 0 Å². The number of alkyl halides is 1. The van der Waals surface area contributed by atoms with Crippen molar-refractivity contribution in [3.63, 3.8) is 0 Å². The molecule has 0 aromatic rings. The summed E-state index contributed by atoms with van der Waals surface area (Å²) < 4.78 is 13.9. The average Bonchev–Trinajstić information content (AvgIpc) is 2.67. The Balaban J connectivity index is 4.35. The zero-order valence-corrected chi connectivity index (χ0v) is 19.7. The molecule has 30 heavy (non-hydrogen) atoms. The molecule has 0 aromatic carbocycles. The quantitative estimate of drug-likeness (QED) is 0.138. The Morgan fingerprint density at radius 3 is 2.20 bits per heavy atom. The summed E-state index contributed by atoms with van der Waals surface area (Å²) in [4.78, 5) is 47.3. The van der Waals surface area contributed by atoms with Crippen LogP contribution < -0.4 is 0 Å². The monoisotopic (exact) mass is 488 g/mol. The zero-order valence-electron chi connectivity index (χ0n) is 18.1. The van der Waals surface area contributed by atoms with Crippen LogP contribution in [0.2, 0.25) is 0 Å². The highest BCUT2D eigenvalue weighted by molar-refractivity contribution is 9.10. The van der Waals surface area contributed by atoms with E-state index in [0.717, 1.165) is 0 Å². The lowest BCUT2D eigenvalue weighted by Gasteiger charge is -2.25. The molecule has 170 valence electrons. The molecule has 0 amide bonds. The molecule has 0 saturated carbocycles. The highest BCUT2D eigenvalue weighted by Gasteiger charge is 2.34. The highest BCUT2D eigenvalue weighted by Crippen LogP contribution is 2.31. The van der Waals surface area contributed by atoms with Gasteiger partial charge in [-0.2, -0.15) is 0 Å². The summed E-state index contributed by atoms with van der Waals surface area (Å²) in [6.45, 7) is 11.7. The lowest BCUT2D eigenvalue weighted by Crippen LogP contribution is -2.34. The maximum absolute atomic E-state index is 12.3. The fraction of sp³-hybridized carbons (Fsp3) is 0.636.